The lowest BCUT2D eigenvalue weighted by molar-refractivity contribution is -0.120. The van der Waals surface area contributed by atoms with E-state index in [2.05, 4.69) is 4.98 Å². The summed E-state index contributed by atoms with van der Waals surface area (Å²) in [6.07, 6.45) is 6.16. The highest BCUT2D eigenvalue weighted by atomic mass is 32.1. The van der Waals surface area contributed by atoms with Gasteiger partial charge in [0, 0.05) is 25.5 Å². The van der Waals surface area contributed by atoms with E-state index in [4.69, 9.17) is 19.2 Å². The number of nitrogens with zero attached hydrogens (tertiary/aromatic N) is 4. The molecule has 4 aromatic rings. The summed E-state index contributed by atoms with van der Waals surface area (Å²) < 4.78 is 19.8. The SMILES string of the molecule is CCOc1cccc2sc(N(CCCn3ccnc3)C(=O)COc3ccccc3OC)nc12. The first-order valence-corrected chi connectivity index (χ1v) is 11.6. The van der Waals surface area contributed by atoms with E-state index in [0.717, 1.165) is 23.2 Å². The van der Waals surface area contributed by atoms with Gasteiger partial charge in [0.1, 0.15) is 11.3 Å². The van der Waals surface area contributed by atoms with Crippen molar-refractivity contribution in [1.29, 1.82) is 0 Å². The third-order valence-corrected chi connectivity index (χ3v) is 6.02. The largest absolute Gasteiger partial charge is 0.493 e. The Kier molecular flexibility index (Phi) is 7.41. The number of carbonyl (C=O) groups excluding carboxylic acids is 1. The molecule has 172 valence electrons. The lowest BCUT2D eigenvalue weighted by Gasteiger charge is -2.20. The number of amides is 1. The second-order valence-corrected chi connectivity index (χ2v) is 8.18. The van der Waals surface area contributed by atoms with Crippen LogP contribution in [-0.4, -0.2) is 47.3 Å². The normalized spacial score (nSPS) is 10.8. The molecule has 0 saturated heterocycles. The smallest absolute Gasteiger partial charge is 0.266 e. The van der Waals surface area contributed by atoms with Crippen LogP contribution in [0.25, 0.3) is 10.2 Å². The summed E-state index contributed by atoms with van der Waals surface area (Å²) in [6, 6.07) is 13.1. The second kappa shape index (κ2) is 10.8. The number of benzene rings is 2. The van der Waals surface area contributed by atoms with Crippen molar-refractivity contribution in [1.82, 2.24) is 14.5 Å². The average Bonchev–Trinajstić information content (AvgIpc) is 3.51. The first-order chi connectivity index (χ1) is 16.2. The summed E-state index contributed by atoms with van der Waals surface area (Å²) in [5, 5.41) is 0.622. The summed E-state index contributed by atoms with van der Waals surface area (Å²) in [6.45, 7) is 3.60. The highest BCUT2D eigenvalue weighted by Gasteiger charge is 2.22. The monoisotopic (exact) mass is 466 g/mol. The van der Waals surface area contributed by atoms with E-state index < -0.39 is 0 Å². The Balaban J connectivity index is 1.55. The molecule has 0 aliphatic heterocycles. The number of methoxy groups -OCH3 is 1. The molecule has 0 atom stereocenters. The Morgan fingerprint density at radius 2 is 1.91 bits per heavy atom. The molecular weight excluding hydrogens is 440 g/mol. The molecule has 9 heteroatoms. The van der Waals surface area contributed by atoms with Crippen molar-refractivity contribution in [2.24, 2.45) is 0 Å². The van der Waals surface area contributed by atoms with Crippen molar-refractivity contribution < 1.29 is 19.0 Å². The summed E-state index contributed by atoms with van der Waals surface area (Å²) >= 11 is 1.47. The lowest BCUT2D eigenvalue weighted by atomic mass is 10.3. The zero-order chi connectivity index (χ0) is 23.0. The van der Waals surface area contributed by atoms with Crippen molar-refractivity contribution in [3.05, 3.63) is 61.2 Å². The molecule has 0 aliphatic rings. The Morgan fingerprint density at radius 1 is 1.09 bits per heavy atom. The van der Waals surface area contributed by atoms with Crippen LogP contribution >= 0.6 is 11.3 Å². The number of ether oxygens (including phenoxy) is 3. The molecule has 0 bridgehead atoms. The fourth-order valence-corrected chi connectivity index (χ4v) is 4.44. The first kappa shape index (κ1) is 22.6. The molecule has 1 amide bonds. The number of carbonyl (C=O) groups is 1. The standard InChI is InChI=1S/C24H26N4O4S/c1-3-31-20-10-6-11-21-23(20)26-24(33-21)28(14-7-13-27-15-12-25-17-27)22(29)16-32-19-9-5-4-8-18(19)30-2/h4-6,8-12,15,17H,3,7,13-14,16H2,1-2H3. The van der Waals surface area contributed by atoms with E-state index >= 15 is 0 Å². The van der Waals surface area contributed by atoms with Gasteiger partial charge in [0.25, 0.3) is 5.91 Å². The molecule has 2 aromatic carbocycles. The predicted octanol–water partition coefficient (Wildman–Crippen LogP) is 4.40. The van der Waals surface area contributed by atoms with E-state index in [9.17, 15) is 4.79 Å². The molecule has 0 radical (unpaired) electrons. The fraction of sp³-hybridized carbons (Fsp3) is 0.292. The molecule has 4 rings (SSSR count). The summed E-state index contributed by atoms with van der Waals surface area (Å²) in [5.74, 6) is 1.64. The van der Waals surface area contributed by atoms with Crippen LogP contribution in [0.5, 0.6) is 17.2 Å². The molecule has 0 N–H and O–H groups in total. The van der Waals surface area contributed by atoms with Crippen molar-refractivity contribution in [3.63, 3.8) is 0 Å². The molecule has 2 heterocycles. The van der Waals surface area contributed by atoms with Crippen molar-refractivity contribution in [2.75, 3.05) is 31.8 Å². The number of hydrogen-bond donors (Lipinski definition) is 0. The zero-order valence-corrected chi connectivity index (χ0v) is 19.5. The number of para-hydroxylation sites is 3. The van der Waals surface area contributed by atoms with Gasteiger partial charge in [0.15, 0.2) is 23.2 Å². The Labute approximate surface area is 196 Å². The maximum Gasteiger partial charge on any atom is 0.266 e. The van der Waals surface area contributed by atoms with Gasteiger partial charge in [-0.2, -0.15) is 0 Å². The van der Waals surface area contributed by atoms with Gasteiger partial charge in [0.2, 0.25) is 0 Å². The van der Waals surface area contributed by atoms with Crippen LogP contribution in [0.2, 0.25) is 0 Å². The fourth-order valence-electron chi connectivity index (χ4n) is 3.41. The highest BCUT2D eigenvalue weighted by molar-refractivity contribution is 7.22. The molecule has 0 unspecified atom stereocenters. The first-order valence-electron chi connectivity index (χ1n) is 10.7. The third-order valence-electron chi connectivity index (χ3n) is 4.98. The number of thiazole rings is 1. The van der Waals surface area contributed by atoms with Crippen molar-refractivity contribution in [2.45, 2.75) is 19.9 Å². The van der Waals surface area contributed by atoms with Crippen LogP contribution in [0, 0.1) is 0 Å². The van der Waals surface area contributed by atoms with Crippen LogP contribution in [-0.2, 0) is 11.3 Å². The number of rotatable bonds is 11. The van der Waals surface area contributed by atoms with Crippen LogP contribution in [0.3, 0.4) is 0 Å². The van der Waals surface area contributed by atoms with Crippen LogP contribution in [0.1, 0.15) is 13.3 Å². The minimum absolute atomic E-state index is 0.125. The maximum atomic E-state index is 13.3. The van der Waals surface area contributed by atoms with Gasteiger partial charge in [0.05, 0.1) is 24.7 Å². The van der Waals surface area contributed by atoms with Crippen molar-refractivity contribution in [3.8, 4) is 17.2 Å². The number of aryl methyl sites for hydroxylation is 1. The lowest BCUT2D eigenvalue weighted by Crippen LogP contribution is -2.36. The number of imidazole rings is 1. The molecule has 0 saturated carbocycles. The van der Waals surface area contributed by atoms with Gasteiger partial charge in [-0.15, -0.1) is 0 Å². The Hall–Kier alpha value is -3.59. The van der Waals surface area contributed by atoms with Crippen molar-refractivity contribution >= 4 is 32.6 Å². The molecule has 0 fully saturated rings. The quantitative estimate of drug-likeness (QED) is 0.326. The summed E-state index contributed by atoms with van der Waals surface area (Å²) in [7, 11) is 1.57. The van der Waals surface area contributed by atoms with Crippen LogP contribution in [0.4, 0.5) is 5.13 Å². The molecule has 0 aliphatic carbocycles. The molecule has 2 aromatic heterocycles. The van der Waals surface area contributed by atoms with Gasteiger partial charge in [-0.25, -0.2) is 9.97 Å². The van der Waals surface area contributed by atoms with Gasteiger partial charge >= 0.3 is 0 Å². The summed E-state index contributed by atoms with van der Waals surface area (Å²) in [4.78, 5) is 23.8. The van der Waals surface area contributed by atoms with Gasteiger partial charge in [-0.1, -0.05) is 29.5 Å². The maximum absolute atomic E-state index is 13.3. The molecule has 8 nitrogen and oxygen atoms in total. The van der Waals surface area contributed by atoms with E-state index in [-0.39, 0.29) is 12.5 Å². The predicted molar refractivity (Wildman–Crippen MR) is 128 cm³/mol. The van der Waals surface area contributed by atoms with Gasteiger partial charge in [-0.05, 0) is 37.6 Å². The molecular formula is C24H26N4O4S. The number of fused-ring (bicyclic) bond motifs is 1. The van der Waals surface area contributed by atoms with E-state index in [1.54, 1.807) is 36.7 Å². The minimum Gasteiger partial charge on any atom is -0.493 e. The number of hydrogen-bond acceptors (Lipinski definition) is 7. The minimum atomic E-state index is -0.177. The third kappa shape index (κ3) is 5.43. The van der Waals surface area contributed by atoms with E-state index in [1.165, 1.54) is 11.3 Å². The highest BCUT2D eigenvalue weighted by Crippen LogP contribution is 2.34. The Bertz CT molecular complexity index is 1190. The van der Waals surface area contributed by atoms with Gasteiger partial charge < -0.3 is 18.8 Å². The van der Waals surface area contributed by atoms with Crippen LogP contribution in [0.15, 0.2) is 61.2 Å². The number of aromatic nitrogens is 3. The molecule has 33 heavy (non-hydrogen) atoms. The number of anilines is 1. The van der Waals surface area contributed by atoms with E-state index in [1.807, 2.05) is 48.0 Å². The molecule has 0 spiro atoms. The van der Waals surface area contributed by atoms with Gasteiger partial charge in [-0.3, -0.25) is 9.69 Å². The second-order valence-electron chi connectivity index (χ2n) is 7.17. The Morgan fingerprint density at radius 3 is 2.67 bits per heavy atom. The van der Waals surface area contributed by atoms with Crippen LogP contribution < -0.4 is 19.1 Å². The average molecular weight is 467 g/mol. The topological polar surface area (TPSA) is 78.7 Å². The van der Waals surface area contributed by atoms with E-state index in [0.29, 0.717) is 35.5 Å². The summed E-state index contributed by atoms with van der Waals surface area (Å²) in [5.41, 5.74) is 0.761. The zero-order valence-electron chi connectivity index (χ0n) is 18.6.